The average molecular weight is 163 g/mol. The molecule has 0 spiro atoms. The number of carbonyl (C=O) groups excluding carboxylic acids is 1. The van der Waals surface area contributed by atoms with Gasteiger partial charge in [0.1, 0.15) is 6.29 Å². The van der Waals surface area contributed by atoms with Gasteiger partial charge in [0.25, 0.3) is 0 Å². The first kappa shape index (κ1) is 8.91. The van der Waals surface area contributed by atoms with Gasteiger partial charge in [-0.25, -0.2) is 0 Å². The fourth-order valence-electron chi connectivity index (χ4n) is 0.993. The van der Waals surface area contributed by atoms with Crippen molar-refractivity contribution in [2.75, 3.05) is 0 Å². The molecule has 2 heteroatoms. The first-order valence-electron chi connectivity index (χ1n) is 4.18. The largest absolute Gasteiger partial charge is 0.303 e. The van der Waals surface area contributed by atoms with Gasteiger partial charge in [-0.2, -0.15) is 0 Å². The molecule has 1 heterocycles. The predicted octanol–water partition coefficient (Wildman–Crippen LogP) is 1.95. The van der Waals surface area contributed by atoms with Crippen molar-refractivity contribution in [3.05, 3.63) is 29.6 Å². The van der Waals surface area contributed by atoms with Crippen LogP contribution in [-0.2, 0) is 11.2 Å². The first-order chi connectivity index (χ1) is 5.77. The Balaban J connectivity index is 2.84. The molecule has 2 nitrogen and oxygen atoms in total. The summed E-state index contributed by atoms with van der Waals surface area (Å²) in [5, 5.41) is 0. The van der Waals surface area contributed by atoms with Crippen LogP contribution in [0.15, 0.2) is 18.3 Å². The summed E-state index contributed by atoms with van der Waals surface area (Å²) >= 11 is 0. The van der Waals surface area contributed by atoms with Crippen LogP contribution in [0, 0.1) is 0 Å². The second kappa shape index (κ2) is 4.00. The highest BCUT2D eigenvalue weighted by molar-refractivity contribution is 5.60. The van der Waals surface area contributed by atoms with Crippen molar-refractivity contribution in [3.63, 3.8) is 0 Å². The number of hydrogen-bond donors (Lipinski definition) is 0. The summed E-state index contributed by atoms with van der Waals surface area (Å²) in [5.41, 5.74) is 2.05. The molecule has 0 aliphatic carbocycles. The maximum atomic E-state index is 10.4. The van der Waals surface area contributed by atoms with E-state index < -0.39 is 0 Å². The molecule has 1 atom stereocenters. The lowest BCUT2D eigenvalue weighted by Gasteiger charge is -2.03. The van der Waals surface area contributed by atoms with Crippen molar-refractivity contribution < 1.29 is 4.79 Å². The summed E-state index contributed by atoms with van der Waals surface area (Å²) < 4.78 is 0. The predicted molar refractivity (Wildman–Crippen MR) is 48.1 cm³/mol. The van der Waals surface area contributed by atoms with Crippen LogP contribution in [0.25, 0.3) is 0 Å². The molecule has 1 rings (SSSR count). The molecule has 0 aliphatic heterocycles. The lowest BCUT2D eigenvalue weighted by atomic mass is 10.1. The second-order valence-electron chi connectivity index (χ2n) is 2.86. The van der Waals surface area contributed by atoms with E-state index in [2.05, 4.69) is 11.9 Å². The van der Waals surface area contributed by atoms with E-state index in [-0.39, 0.29) is 5.92 Å². The van der Waals surface area contributed by atoms with Crippen LogP contribution in [0.3, 0.4) is 0 Å². The number of pyridine rings is 1. The number of aryl methyl sites for hydroxylation is 1. The first-order valence-corrected chi connectivity index (χ1v) is 4.18. The summed E-state index contributed by atoms with van der Waals surface area (Å²) in [6, 6.07) is 3.93. The zero-order valence-corrected chi connectivity index (χ0v) is 7.45. The highest BCUT2D eigenvalue weighted by Crippen LogP contribution is 2.11. The van der Waals surface area contributed by atoms with Crippen molar-refractivity contribution in [3.8, 4) is 0 Å². The van der Waals surface area contributed by atoms with Crippen LogP contribution >= 0.6 is 0 Å². The molecule has 0 radical (unpaired) electrons. The summed E-state index contributed by atoms with van der Waals surface area (Å²) in [6.45, 7) is 3.93. The topological polar surface area (TPSA) is 30.0 Å². The molecule has 1 unspecified atom stereocenters. The van der Waals surface area contributed by atoms with E-state index in [0.29, 0.717) is 0 Å². The van der Waals surface area contributed by atoms with Crippen molar-refractivity contribution in [2.45, 2.75) is 26.2 Å². The minimum Gasteiger partial charge on any atom is -0.303 e. The zero-order chi connectivity index (χ0) is 8.97. The molecule has 0 fully saturated rings. The fourth-order valence-corrected chi connectivity index (χ4v) is 0.993. The Kier molecular flexibility index (Phi) is 2.97. The molecule has 0 bridgehead atoms. The van der Waals surface area contributed by atoms with Gasteiger partial charge in [-0.3, -0.25) is 4.98 Å². The number of carbonyl (C=O) groups is 1. The highest BCUT2D eigenvalue weighted by Gasteiger charge is 2.02. The van der Waals surface area contributed by atoms with Crippen molar-refractivity contribution in [1.29, 1.82) is 0 Å². The summed E-state index contributed by atoms with van der Waals surface area (Å²) in [7, 11) is 0. The Hall–Kier alpha value is -1.18. The Morgan fingerprint density at radius 1 is 1.58 bits per heavy atom. The number of aldehydes is 1. The van der Waals surface area contributed by atoms with E-state index in [1.165, 1.54) is 0 Å². The van der Waals surface area contributed by atoms with Crippen molar-refractivity contribution >= 4 is 6.29 Å². The summed E-state index contributed by atoms with van der Waals surface area (Å²) in [6.07, 6.45) is 3.65. The van der Waals surface area contributed by atoms with Crippen LogP contribution in [0.4, 0.5) is 0 Å². The van der Waals surface area contributed by atoms with Gasteiger partial charge in [0, 0.05) is 17.8 Å². The maximum Gasteiger partial charge on any atom is 0.127 e. The monoisotopic (exact) mass is 163 g/mol. The van der Waals surface area contributed by atoms with Gasteiger partial charge < -0.3 is 4.79 Å². The Bertz CT molecular complexity index is 253. The van der Waals surface area contributed by atoms with Crippen LogP contribution in [0.5, 0.6) is 0 Å². The number of nitrogens with zero attached hydrogens (tertiary/aromatic N) is 1. The SMILES string of the molecule is CCc1ccc(C(C)C=O)cn1. The van der Waals surface area contributed by atoms with E-state index in [1.807, 2.05) is 19.1 Å². The third-order valence-corrected chi connectivity index (χ3v) is 1.94. The Morgan fingerprint density at radius 3 is 2.75 bits per heavy atom. The minimum atomic E-state index is -0.0385. The van der Waals surface area contributed by atoms with Gasteiger partial charge in [-0.15, -0.1) is 0 Å². The van der Waals surface area contributed by atoms with E-state index in [9.17, 15) is 4.79 Å². The lowest BCUT2D eigenvalue weighted by Crippen LogP contribution is -1.96. The van der Waals surface area contributed by atoms with Gasteiger partial charge in [0.05, 0.1) is 0 Å². The van der Waals surface area contributed by atoms with Gasteiger partial charge in [-0.05, 0) is 18.1 Å². The third kappa shape index (κ3) is 1.91. The van der Waals surface area contributed by atoms with Crippen LogP contribution < -0.4 is 0 Å². The van der Waals surface area contributed by atoms with E-state index in [4.69, 9.17) is 0 Å². The zero-order valence-electron chi connectivity index (χ0n) is 7.45. The van der Waals surface area contributed by atoms with Gasteiger partial charge >= 0.3 is 0 Å². The highest BCUT2D eigenvalue weighted by atomic mass is 16.1. The molecule has 12 heavy (non-hydrogen) atoms. The standard InChI is InChI=1S/C10H13NO/c1-3-10-5-4-9(6-11-10)8(2)7-12/h4-8H,3H2,1-2H3. The van der Waals surface area contributed by atoms with Gasteiger partial charge in [0.2, 0.25) is 0 Å². The van der Waals surface area contributed by atoms with Gasteiger partial charge in [0.15, 0.2) is 0 Å². The Morgan fingerprint density at radius 2 is 2.33 bits per heavy atom. The minimum absolute atomic E-state index is 0.0385. The van der Waals surface area contributed by atoms with E-state index in [0.717, 1.165) is 24.0 Å². The second-order valence-corrected chi connectivity index (χ2v) is 2.86. The number of hydrogen-bond acceptors (Lipinski definition) is 2. The molecule has 0 amide bonds. The molecule has 0 aliphatic rings. The fraction of sp³-hybridized carbons (Fsp3) is 0.400. The Labute approximate surface area is 72.6 Å². The molecule has 1 aromatic rings. The number of rotatable bonds is 3. The lowest BCUT2D eigenvalue weighted by molar-refractivity contribution is -0.108. The normalized spacial score (nSPS) is 12.5. The van der Waals surface area contributed by atoms with Crippen LogP contribution in [-0.4, -0.2) is 11.3 Å². The van der Waals surface area contributed by atoms with Crippen molar-refractivity contribution in [2.24, 2.45) is 0 Å². The molecular formula is C10H13NO. The van der Waals surface area contributed by atoms with Gasteiger partial charge in [-0.1, -0.05) is 19.9 Å². The molecular weight excluding hydrogens is 150 g/mol. The van der Waals surface area contributed by atoms with E-state index >= 15 is 0 Å². The van der Waals surface area contributed by atoms with Crippen LogP contribution in [0.1, 0.15) is 31.0 Å². The van der Waals surface area contributed by atoms with E-state index in [1.54, 1.807) is 6.20 Å². The molecule has 0 saturated carbocycles. The van der Waals surface area contributed by atoms with Crippen molar-refractivity contribution in [1.82, 2.24) is 4.98 Å². The van der Waals surface area contributed by atoms with Crippen LogP contribution in [0.2, 0.25) is 0 Å². The third-order valence-electron chi connectivity index (χ3n) is 1.94. The quantitative estimate of drug-likeness (QED) is 0.637. The molecule has 0 aromatic carbocycles. The average Bonchev–Trinajstić information content (AvgIpc) is 2.17. The smallest absolute Gasteiger partial charge is 0.127 e. The molecule has 1 aromatic heterocycles. The molecule has 64 valence electrons. The maximum absolute atomic E-state index is 10.4. The summed E-state index contributed by atoms with van der Waals surface area (Å²) in [4.78, 5) is 14.6. The number of aromatic nitrogens is 1. The molecule has 0 saturated heterocycles. The summed E-state index contributed by atoms with van der Waals surface area (Å²) in [5.74, 6) is -0.0385. The molecule has 0 N–H and O–H groups in total.